The minimum absolute atomic E-state index is 0.0173. The standard InChI is InChI=1S/C27H26Cl2N2O2S2/c28-23-7-4-8-24(29)22(23)17-34-16-14-30-26(33)20-9-11-21(12-10-20)27-31(25(32)18-35-27)15-13-19-5-2-1-3-6-19/h1-12,27H,13-18H2,(H,30,33)/t27-/m0/s1. The highest BCUT2D eigenvalue weighted by atomic mass is 35.5. The highest BCUT2D eigenvalue weighted by Gasteiger charge is 2.32. The Hall–Kier alpha value is -2.12. The van der Waals surface area contributed by atoms with Crippen molar-refractivity contribution in [3.8, 4) is 0 Å². The molecule has 1 heterocycles. The average Bonchev–Trinajstić information content (AvgIpc) is 3.24. The van der Waals surface area contributed by atoms with Gasteiger partial charge in [0.15, 0.2) is 0 Å². The zero-order valence-electron chi connectivity index (χ0n) is 19.1. The van der Waals surface area contributed by atoms with Crippen LogP contribution in [0.2, 0.25) is 10.0 Å². The predicted molar refractivity (Wildman–Crippen MR) is 148 cm³/mol. The van der Waals surface area contributed by atoms with E-state index in [1.165, 1.54) is 5.56 Å². The fraction of sp³-hybridized carbons (Fsp3) is 0.259. The van der Waals surface area contributed by atoms with E-state index in [0.717, 1.165) is 23.3 Å². The summed E-state index contributed by atoms with van der Waals surface area (Å²) in [4.78, 5) is 27.0. The van der Waals surface area contributed by atoms with E-state index in [0.29, 0.717) is 40.2 Å². The molecule has 1 aliphatic rings. The zero-order valence-corrected chi connectivity index (χ0v) is 22.2. The molecule has 2 amide bonds. The molecular weight excluding hydrogens is 519 g/mol. The predicted octanol–water partition coefficient (Wildman–Crippen LogP) is 6.47. The van der Waals surface area contributed by atoms with Crippen LogP contribution in [0.25, 0.3) is 0 Å². The number of nitrogens with one attached hydrogen (secondary N) is 1. The molecule has 8 heteroatoms. The monoisotopic (exact) mass is 544 g/mol. The van der Waals surface area contributed by atoms with Crippen LogP contribution in [-0.4, -0.2) is 41.3 Å². The Bertz CT molecular complexity index is 1140. The maximum absolute atomic E-state index is 12.6. The molecule has 3 aromatic rings. The van der Waals surface area contributed by atoms with Crippen molar-refractivity contribution in [2.24, 2.45) is 0 Å². The fourth-order valence-electron chi connectivity index (χ4n) is 3.85. The molecule has 1 aliphatic heterocycles. The van der Waals surface area contributed by atoms with Crippen LogP contribution in [0.4, 0.5) is 0 Å². The lowest BCUT2D eigenvalue weighted by atomic mass is 10.1. The lowest BCUT2D eigenvalue weighted by molar-refractivity contribution is -0.128. The summed E-state index contributed by atoms with van der Waals surface area (Å²) >= 11 is 15.7. The zero-order chi connectivity index (χ0) is 24.6. The van der Waals surface area contributed by atoms with Gasteiger partial charge in [-0.05, 0) is 47.4 Å². The molecule has 0 aliphatic carbocycles. The topological polar surface area (TPSA) is 49.4 Å². The van der Waals surface area contributed by atoms with Crippen LogP contribution in [-0.2, 0) is 17.0 Å². The molecule has 1 fully saturated rings. The number of nitrogens with zero attached hydrogens (tertiary/aromatic N) is 1. The number of thioether (sulfide) groups is 2. The largest absolute Gasteiger partial charge is 0.351 e. The Morgan fingerprint density at radius 3 is 2.43 bits per heavy atom. The van der Waals surface area contributed by atoms with Gasteiger partial charge in [0.2, 0.25) is 5.91 Å². The molecule has 35 heavy (non-hydrogen) atoms. The van der Waals surface area contributed by atoms with Gasteiger partial charge in [-0.25, -0.2) is 0 Å². The van der Waals surface area contributed by atoms with E-state index >= 15 is 0 Å². The summed E-state index contributed by atoms with van der Waals surface area (Å²) in [5.74, 6) is 1.99. The van der Waals surface area contributed by atoms with E-state index < -0.39 is 0 Å². The summed E-state index contributed by atoms with van der Waals surface area (Å²) in [5, 5.41) is 4.27. The van der Waals surface area contributed by atoms with Gasteiger partial charge in [0, 0.05) is 40.2 Å². The van der Waals surface area contributed by atoms with Gasteiger partial charge < -0.3 is 10.2 Å². The van der Waals surface area contributed by atoms with Crippen molar-refractivity contribution in [2.75, 3.05) is 24.6 Å². The average molecular weight is 546 g/mol. The molecule has 1 saturated heterocycles. The molecule has 0 bridgehead atoms. The summed E-state index contributed by atoms with van der Waals surface area (Å²) in [7, 11) is 0. The Labute approximate surface area is 224 Å². The van der Waals surface area contributed by atoms with E-state index in [2.05, 4.69) is 17.4 Å². The highest BCUT2D eigenvalue weighted by Crippen LogP contribution is 2.38. The van der Waals surface area contributed by atoms with Crippen LogP contribution in [0.1, 0.15) is 32.4 Å². The second-order valence-electron chi connectivity index (χ2n) is 8.12. The Balaban J connectivity index is 1.26. The van der Waals surface area contributed by atoms with Crippen molar-refractivity contribution >= 4 is 58.5 Å². The van der Waals surface area contributed by atoms with Crippen LogP contribution in [0, 0.1) is 0 Å². The van der Waals surface area contributed by atoms with Crippen molar-refractivity contribution in [1.82, 2.24) is 10.2 Å². The smallest absolute Gasteiger partial charge is 0.251 e. The normalized spacial score (nSPS) is 15.4. The molecule has 0 aromatic heterocycles. The molecule has 0 radical (unpaired) electrons. The number of hydrogen-bond donors (Lipinski definition) is 1. The first-order valence-corrected chi connectivity index (χ1v) is 14.3. The van der Waals surface area contributed by atoms with Gasteiger partial charge in [0.25, 0.3) is 5.91 Å². The van der Waals surface area contributed by atoms with Crippen LogP contribution in [0.5, 0.6) is 0 Å². The Morgan fingerprint density at radius 2 is 1.71 bits per heavy atom. The maximum Gasteiger partial charge on any atom is 0.251 e. The number of hydrogen-bond acceptors (Lipinski definition) is 4. The van der Waals surface area contributed by atoms with E-state index in [9.17, 15) is 9.59 Å². The number of carbonyl (C=O) groups excluding carboxylic acids is 2. The lowest BCUT2D eigenvalue weighted by Crippen LogP contribution is -2.30. The summed E-state index contributed by atoms with van der Waals surface area (Å²) in [6.07, 6.45) is 0.824. The van der Waals surface area contributed by atoms with E-state index in [1.807, 2.05) is 65.6 Å². The van der Waals surface area contributed by atoms with Gasteiger partial charge in [-0.1, -0.05) is 71.7 Å². The second-order valence-corrected chi connectivity index (χ2v) is 11.1. The summed E-state index contributed by atoms with van der Waals surface area (Å²) in [6, 6.07) is 23.3. The third-order valence-corrected chi connectivity index (χ3v) is 8.70. The molecule has 4 nitrogen and oxygen atoms in total. The number of halogens is 2. The van der Waals surface area contributed by atoms with Crippen LogP contribution < -0.4 is 5.32 Å². The van der Waals surface area contributed by atoms with Gasteiger partial charge in [-0.3, -0.25) is 9.59 Å². The molecule has 0 saturated carbocycles. The molecule has 4 rings (SSSR count). The van der Waals surface area contributed by atoms with E-state index in [-0.39, 0.29) is 17.2 Å². The van der Waals surface area contributed by atoms with Crippen molar-refractivity contribution in [2.45, 2.75) is 17.5 Å². The van der Waals surface area contributed by atoms with Crippen LogP contribution >= 0.6 is 46.7 Å². The van der Waals surface area contributed by atoms with Gasteiger partial charge in [0.05, 0.1) is 5.75 Å². The molecule has 1 atom stereocenters. The molecule has 0 unspecified atom stereocenters. The fourth-order valence-corrected chi connectivity index (χ4v) is 6.66. The third-order valence-electron chi connectivity index (χ3n) is 5.75. The first-order chi connectivity index (χ1) is 17.0. The van der Waals surface area contributed by atoms with Crippen molar-refractivity contribution in [3.63, 3.8) is 0 Å². The summed E-state index contributed by atoms with van der Waals surface area (Å²) in [5.41, 5.74) is 3.79. The number of benzene rings is 3. The van der Waals surface area contributed by atoms with Crippen LogP contribution in [0.15, 0.2) is 72.8 Å². The number of amides is 2. The van der Waals surface area contributed by atoms with Gasteiger partial charge in [-0.15, -0.1) is 11.8 Å². The quantitative estimate of drug-likeness (QED) is 0.297. The second kappa shape index (κ2) is 12.7. The van der Waals surface area contributed by atoms with Gasteiger partial charge >= 0.3 is 0 Å². The van der Waals surface area contributed by atoms with E-state index in [1.54, 1.807) is 23.5 Å². The molecule has 3 aromatic carbocycles. The van der Waals surface area contributed by atoms with Crippen molar-refractivity contribution in [1.29, 1.82) is 0 Å². The van der Waals surface area contributed by atoms with Gasteiger partial charge in [0.1, 0.15) is 5.37 Å². The minimum Gasteiger partial charge on any atom is -0.351 e. The Kier molecular flexibility index (Phi) is 9.44. The molecular formula is C27H26Cl2N2O2S2. The Morgan fingerprint density at radius 1 is 1.00 bits per heavy atom. The molecule has 0 spiro atoms. The number of rotatable bonds is 10. The highest BCUT2D eigenvalue weighted by molar-refractivity contribution is 8.00. The first kappa shape index (κ1) is 26.0. The minimum atomic E-state index is -0.107. The molecule has 182 valence electrons. The summed E-state index contributed by atoms with van der Waals surface area (Å²) in [6.45, 7) is 1.23. The molecule has 1 N–H and O–H groups in total. The lowest BCUT2D eigenvalue weighted by Gasteiger charge is -2.24. The summed E-state index contributed by atoms with van der Waals surface area (Å²) < 4.78 is 0. The SMILES string of the molecule is O=C(NCCSCc1c(Cl)cccc1Cl)c1ccc([C@@H]2SCC(=O)N2CCc2ccccc2)cc1. The van der Waals surface area contributed by atoms with Crippen LogP contribution in [0.3, 0.4) is 0 Å². The first-order valence-electron chi connectivity index (χ1n) is 11.4. The van der Waals surface area contributed by atoms with Crippen molar-refractivity contribution < 1.29 is 9.59 Å². The number of carbonyl (C=O) groups is 2. The van der Waals surface area contributed by atoms with Gasteiger partial charge in [-0.2, -0.15) is 11.8 Å². The van der Waals surface area contributed by atoms with E-state index in [4.69, 9.17) is 23.2 Å². The maximum atomic E-state index is 12.6. The van der Waals surface area contributed by atoms with Crippen molar-refractivity contribution in [3.05, 3.63) is 105 Å². The third kappa shape index (κ3) is 6.98.